The van der Waals surface area contributed by atoms with Crippen molar-refractivity contribution in [3.8, 4) is 0 Å². The number of Topliss-reactive ketones (excluding diaryl/α,β-unsaturated/α-hetero) is 1. The van der Waals surface area contributed by atoms with E-state index in [1.54, 1.807) is 0 Å². The highest BCUT2D eigenvalue weighted by atomic mass is 19.4. The SMILES string of the molecule is CC(=O)CCC(F)(F)C(F)(F)C(F)(F)C(F)(F)C(F)(F)C(F)(F)F. The topological polar surface area (TPSA) is 17.1 Å². The van der Waals surface area contributed by atoms with Crippen LogP contribution < -0.4 is 0 Å². The summed E-state index contributed by atoms with van der Waals surface area (Å²) in [5.41, 5.74) is 0. The number of hydrogen-bond donors (Lipinski definition) is 0. The van der Waals surface area contributed by atoms with E-state index in [2.05, 4.69) is 0 Å². The predicted octanol–water partition coefficient (Wildman–Crippen LogP) is 5.09. The summed E-state index contributed by atoms with van der Waals surface area (Å²) in [7, 11) is 0. The first-order chi connectivity index (χ1) is 10.2. The number of carbonyl (C=O) groups excluding carboxylic acids is 1. The molecule has 14 heteroatoms. The molecular weight excluding hydrogens is 383 g/mol. The summed E-state index contributed by atoms with van der Waals surface area (Å²) >= 11 is 0. The summed E-state index contributed by atoms with van der Waals surface area (Å²) in [6, 6.07) is 0. The summed E-state index contributed by atoms with van der Waals surface area (Å²) in [5, 5.41) is 0. The maximum absolute atomic E-state index is 13.1. The summed E-state index contributed by atoms with van der Waals surface area (Å²) < 4.78 is 164. The van der Waals surface area contributed by atoms with Crippen LogP contribution in [0.15, 0.2) is 0 Å². The lowest BCUT2D eigenvalue weighted by Gasteiger charge is -2.39. The fraction of sp³-hybridized carbons (Fsp3) is 0.900. The monoisotopic (exact) mass is 390 g/mol. The fourth-order valence-corrected chi connectivity index (χ4v) is 1.29. The van der Waals surface area contributed by atoms with E-state index in [1.165, 1.54) is 0 Å². The van der Waals surface area contributed by atoms with E-state index < -0.39 is 54.4 Å². The zero-order chi connectivity index (χ0) is 20.0. The van der Waals surface area contributed by atoms with Crippen molar-refractivity contribution >= 4 is 5.78 Å². The number of ketones is 1. The Morgan fingerprint density at radius 3 is 1.25 bits per heavy atom. The van der Waals surface area contributed by atoms with Gasteiger partial charge in [0.25, 0.3) is 0 Å². The summed E-state index contributed by atoms with van der Waals surface area (Å²) in [5.74, 6) is -38.2. The molecule has 0 rings (SSSR count). The van der Waals surface area contributed by atoms with Crippen molar-refractivity contribution in [2.45, 2.75) is 55.6 Å². The maximum Gasteiger partial charge on any atom is 0.460 e. The molecule has 0 aromatic carbocycles. The van der Waals surface area contributed by atoms with Gasteiger partial charge in [-0.2, -0.15) is 57.1 Å². The van der Waals surface area contributed by atoms with Crippen molar-refractivity contribution in [2.75, 3.05) is 0 Å². The number of alkyl halides is 13. The van der Waals surface area contributed by atoms with Gasteiger partial charge in [-0.05, 0) is 6.92 Å². The van der Waals surface area contributed by atoms with Crippen molar-refractivity contribution in [1.29, 1.82) is 0 Å². The van der Waals surface area contributed by atoms with Gasteiger partial charge < -0.3 is 4.79 Å². The molecular formula is C10H7F13O. The number of hydrogen-bond acceptors (Lipinski definition) is 1. The molecule has 0 atom stereocenters. The largest absolute Gasteiger partial charge is 0.460 e. The highest BCUT2D eigenvalue weighted by Crippen LogP contribution is 2.60. The van der Waals surface area contributed by atoms with Crippen LogP contribution in [0.5, 0.6) is 0 Å². The third-order valence-electron chi connectivity index (χ3n) is 2.79. The zero-order valence-electron chi connectivity index (χ0n) is 11.2. The van der Waals surface area contributed by atoms with Gasteiger partial charge in [-0.3, -0.25) is 0 Å². The van der Waals surface area contributed by atoms with E-state index >= 15 is 0 Å². The highest BCUT2D eigenvalue weighted by Gasteiger charge is 2.90. The first kappa shape index (κ1) is 22.8. The molecule has 0 aromatic rings. The van der Waals surface area contributed by atoms with E-state index in [0.29, 0.717) is 6.92 Å². The summed E-state index contributed by atoms with van der Waals surface area (Å²) in [6.07, 6.45) is -11.4. The number of rotatable bonds is 7. The van der Waals surface area contributed by atoms with Gasteiger partial charge in [0.1, 0.15) is 5.78 Å². The molecule has 0 saturated heterocycles. The van der Waals surface area contributed by atoms with Crippen LogP contribution in [-0.2, 0) is 4.79 Å². The zero-order valence-corrected chi connectivity index (χ0v) is 11.2. The number of halogens is 13. The second-order valence-corrected chi connectivity index (χ2v) is 4.70. The van der Waals surface area contributed by atoms with E-state index in [0.717, 1.165) is 0 Å². The fourth-order valence-electron chi connectivity index (χ4n) is 1.29. The van der Waals surface area contributed by atoms with Crippen LogP contribution >= 0.6 is 0 Å². The molecule has 0 aliphatic heterocycles. The molecule has 0 aliphatic carbocycles. The molecule has 0 fully saturated rings. The molecule has 0 heterocycles. The first-order valence-corrected chi connectivity index (χ1v) is 5.62. The predicted molar refractivity (Wildman–Crippen MR) is 50.7 cm³/mol. The van der Waals surface area contributed by atoms with Crippen molar-refractivity contribution in [3.05, 3.63) is 0 Å². The van der Waals surface area contributed by atoms with Crippen LogP contribution in [0, 0.1) is 0 Å². The molecule has 1 nitrogen and oxygen atoms in total. The van der Waals surface area contributed by atoms with Crippen LogP contribution in [0.3, 0.4) is 0 Å². The Balaban J connectivity index is 6.05. The Labute approximate surface area is 124 Å². The van der Waals surface area contributed by atoms with Gasteiger partial charge in [0.15, 0.2) is 0 Å². The minimum absolute atomic E-state index is 0.527. The Kier molecular flexibility index (Phi) is 5.63. The van der Waals surface area contributed by atoms with Gasteiger partial charge in [-0.1, -0.05) is 0 Å². The third-order valence-corrected chi connectivity index (χ3v) is 2.79. The Morgan fingerprint density at radius 1 is 0.625 bits per heavy atom. The van der Waals surface area contributed by atoms with Crippen LogP contribution in [0.4, 0.5) is 57.1 Å². The second kappa shape index (κ2) is 5.93. The van der Waals surface area contributed by atoms with Gasteiger partial charge in [-0.15, -0.1) is 0 Å². The molecule has 0 radical (unpaired) electrons. The lowest BCUT2D eigenvalue weighted by molar-refractivity contribution is -0.440. The molecule has 0 spiro atoms. The summed E-state index contributed by atoms with van der Waals surface area (Å²) in [4.78, 5) is 10.4. The smallest absolute Gasteiger partial charge is 0.300 e. The van der Waals surface area contributed by atoms with Gasteiger partial charge in [-0.25, -0.2) is 0 Å². The standard InChI is InChI=1S/C10H7F13O/c1-4(24)2-3-5(11,12)6(13,14)7(15,16)8(17,18)9(19,20)10(21,22)23/h2-3H2,1H3. The van der Waals surface area contributed by atoms with Crippen LogP contribution in [0.1, 0.15) is 19.8 Å². The van der Waals surface area contributed by atoms with Crippen molar-refractivity contribution in [3.63, 3.8) is 0 Å². The minimum atomic E-state index is -7.90. The highest BCUT2D eigenvalue weighted by molar-refractivity contribution is 5.75. The van der Waals surface area contributed by atoms with Crippen molar-refractivity contribution < 1.29 is 61.9 Å². The van der Waals surface area contributed by atoms with Gasteiger partial charge in [0.05, 0.1) is 0 Å². The normalized spacial score (nSPS) is 15.6. The minimum Gasteiger partial charge on any atom is -0.300 e. The quantitative estimate of drug-likeness (QED) is 0.554. The molecule has 0 unspecified atom stereocenters. The molecule has 0 saturated carbocycles. The van der Waals surface area contributed by atoms with Gasteiger partial charge >= 0.3 is 35.8 Å². The molecule has 0 aromatic heterocycles. The van der Waals surface area contributed by atoms with E-state index in [4.69, 9.17) is 0 Å². The average Bonchev–Trinajstić information content (AvgIpc) is 2.34. The molecule has 0 amide bonds. The Bertz CT molecular complexity index is 476. The van der Waals surface area contributed by atoms with E-state index in [-0.39, 0.29) is 0 Å². The molecule has 0 aliphatic rings. The Hall–Kier alpha value is -1.24. The first-order valence-electron chi connectivity index (χ1n) is 5.62. The molecule has 144 valence electrons. The average molecular weight is 390 g/mol. The van der Waals surface area contributed by atoms with Gasteiger partial charge in [0.2, 0.25) is 0 Å². The van der Waals surface area contributed by atoms with E-state index in [9.17, 15) is 61.9 Å². The lowest BCUT2D eigenvalue weighted by atomic mass is 9.91. The Morgan fingerprint density at radius 2 is 0.958 bits per heavy atom. The second-order valence-electron chi connectivity index (χ2n) is 4.70. The number of carbonyl (C=O) groups is 1. The van der Waals surface area contributed by atoms with E-state index in [1.807, 2.05) is 0 Å². The molecule has 24 heavy (non-hydrogen) atoms. The molecule has 0 bridgehead atoms. The van der Waals surface area contributed by atoms with Crippen LogP contribution in [0.25, 0.3) is 0 Å². The van der Waals surface area contributed by atoms with Crippen LogP contribution in [-0.4, -0.2) is 41.6 Å². The molecule has 0 N–H and O–H groups in total. The van der Waals surface area contributed by atoms with Gasteiger partial charge in [0, 0.05) is 12.8 Å². The van der Waals surface area contributed by atoms with Crippen molar-refractivity contribution in [1.82, 2.24) is 0 Å². The summed E-state index contributed by atoms with van der Waals surface area (Å²) in [6.45, 7) is 0.527. The lowest BCUT2D eigenvalue weighted by Crippen LogP contribution is -2.70. The maximum atomic E-state index is 13.1. The van der Waals surface area contributed by atoms with Crippen molar-refractivity contribution in [2.24, 2.45) is 0 Å². The third kappa shape index (κ3) is 3.27. The van der Waals surface area contributed by atoms with Crippen LogP contribution in [0.2, 0.25) is 0 Å².